The zero-order valence-corrected chi connectivity index (χ0v) is 21.3. The first-order valence-electron chi connectivity index (χ1n) is 12.1. The van der Waals surface area contributed by atoms with Crippen molar-refractivity contribution >= 4 is 23.6 Å². The second-order valence-corrected chi connectivity index (χ2v) is 10.1. The number of benzene rings is 2. The highest BCUT2D eigenvalue weighted by molar-refractivity contribution is 6.21. The number of fused-ring (bicyclic) bond motifs is 1. The summed E-state index contributed by atoms with van der Waals surface area (Å²) in [5, 5.41) is 2.99. The van der Waals surface area contributed by atoms with Crippen LogP contribution >= 0.6 is 0 Å². The lowest BCUT2D eigenvalue weighted by Crippen LogP contribution is -2.53. The Labute approximate surface area is 207 Å². The SMILES string of the molecule is CC[C@H](C(=O)NC(C)(C)C)N(Cc1ccc(C)cc1)C(=O)CCCN1C(=O)c2ccccc2C1=O. The number of nitrogens with one attached hydrogen (secondary N) is 1. The molecule has 0 saturated heterocycles. The third kappa shape index (κ3) is 6.35. The van der Waals surface area contributed by atoms with Gasteiger partial charge >= 0.3 is 0 Å². The van der Waals surface area contributed by atoms with Crippen LogP contribution in [0.5, 0.6) is 0 Å². The molecule has 7 heteroatoms. The molecule has 0 aromatic heterocycles. The lowest BCUT2D eigenvalue weighted by molar-refractivity contribution is -0.142. The van der Waals surface area contributed by atoms with Gasteiger partial charge in [-0.3, -0.25) is 24.1 Å². The van der Waals surface area contributed by atoms with Crippen LogP contribution < -0.4 is 5.32 Å². The van der Waals surface area contributed by atoms with E-state index in [0.29, 0.717) is 30.5 Å². The first kappa shape index (κ1) is 26.1. The van der Waals surface area contributed by atoms with Gasteiger partial charge in [0.1, 0.15) is 6.04 Å². The normalized spacial score (nSPS) is 14.0. The molecular formula is C28H35N3O4. The molecule has 2 aromatic carbocycles. The lowest BCUT2D eigenvalue weighted by atomic mass is 10.0. The van der Waals surface area contributed by atoms with Crippen LogP contribution in [0.2, 0.25) is 0 Å². The number of aryl methyl sites for hydroxylation is 1. The van der Waals surface area contributed by atoms with Crippen molar-refractivity contribution in [3.05, 3.63) is 70.8 Å². The van der Waals surface area contributed by atoms with Gasteiger partial charge in [-0.15, -0.1) is 0 Å². The van der Waals surface area contributed by atoms with Gasteiger partial charge in [0.15, 0.2) is 0 Å². The van der Waals surface area contributed by atoms with Crippen LogP contribution in [-0.4, -0.2) is 51.6 Å². The predicted molar refractivity (Wildman–Crippen MR) is 135 cm³/mol. The molecule has 0 bridgehead atoms. The van der Waals surface area contributed by atoms with E-state index in [-0.39, 0.29) is 36.6 Å². The third-order valence-corrected chi connectivity index (χ3v) is 6.01. The highest BCUT2D eigenvalue weighted by Crippen LogP contribution is 2.23. The maximum Gasteiger partial charge on any atom is 0.261 e. The fourth-order valence-corrected chi connectivity index (χ4v) is 4.24. The van der Waals surface area contributed by atoms with Crippen molar-refractivity contribution in [2.45, 2.75) is 72.0 Å². The minimum absolute atomic E-state index is 0.124. The molecule has 1 aliphatic heterocycles. The molecule has 0 fully saturated rings. The molecule has 0 spiro atoms. The van der Waals surface area contributed by atoms with Gasteiger partial charge < -0.3 is 10.2 Å². The van der Waals surface area contributed by atoms with Crippen LogP contribution in [0, 0.1) is 6.92 Å². The largest absolute Gasteiger partial charge is 0.350 e. The van der Waals surface area contributed by atoms with Gasteiger partial charge in [0, 0.05) is 25.0 Å². The quantitative estimate of drug-likeness (QED) is 0.551. The van der Waals surface area contributed by atoms with Crippen molar-refractivity contribution in [2.24, 2.45) is 0 Å². The summed E-state index contributed by atoms with van der Waals surface area (Å²) in [5.41, 5.74) is 2.43. The number of hydrogen-bond acceptors (Lipinski definition) is 4. The van der Waals surface area contributed by atoms with E-state index >= 15 is 0 Å². The third-order valence-electron chi connectivity index (χ3n) is 6.01. The van der Waals surface area contributed by atoms with Gasteiger partial charge in [0.2, 0.25) is 11.8 Å². The minimum Gasteiger partial charge on any atom is -0.350 e. The molecule has 1 heterocycles. The van der Waals surface area contributed by atoms with E-state index in [9.17, 15) is 19.2 Å². The van der Waals surface area contributed by atoms with Crippen molar-refractivity contribution in [1.82, 2.24) is 15.1 Å². The minimum atomic E-state index is -0.623. The molecule has 7 nitrogen and oxygen atoms in total. The van der Waals surface area contributed by atoms with Crippen molar-refractivity contribution in [1.29, 1.82) is 0 Å². The van der Waals surface area contributed by atoms with E-state index in [2.05, 4.69) is 5.32 Å². The average Bonchev–Trinajstić information content (AvgIpc) is 3.04. The topological polar surface area (TPSA) is 86.8 Å². The van der Waals surface area contributed by atoms with Crippen LogP contribution in [0.1, 0.15) is 78.8 Å². The van der Waals surface area contributed by atoms with Gasteiger partial charge in [0.25, 0.3) is 11.8 Å². The van der Waals surface area contributed by atoms with E-state index in [1.165, 1.54) is 4.90 Å². The number of nitrogens with zero attached hydrogens (tertiary/aromatic N) is 2. The summed E-state index contributed by atoms with van der Waals surface area (Å²) in [6.45, 7) is 10.1. The smallest absolute Gasteiger partial charge is 0.261 e. The number of rotatable bonds is 9. The molecule has 0 unspecified atom stereocenters. The fourth-order valence-electron chi connectivity index (χ4n) is 4.24. The molecule has 35 heavy (non-hydrogen) atoms. The number of carbonyl (C=O) groups excluding carboxylic acids is 4. The summed E-state index contributed by atoms with van der Waals surface area (Å²) in [6.07, 6.45) is 0.919. The predicted octanol–water partition coefficient (Wildman–Crippen LogP) is 4.09. The zero-order chi connectivity index (χ0) is 25.8. The summed E-state index contributed by atoms with van der Waals surface area (Å²) in [5.74, 6) is -1.03. The van der Waals surface area contributed by atoms with Crippen LogP contribution in [0.15, 0.2) is 48.5 Å². The Kier molecular flexibility index (Phi) is 8.10. The molecule has 0 radical (unpaired) electrons. The van der Waals surface area contributed by atoms with Gasteiger partial charge in [-0.05, 0) is 58.2 Å². The molecule has 1 aliphatic rings. The van der Waals surface area contributed by atoms with E-state index in [0.717, 1.165) is 11.1 Å². The number of hydrogen-bond donors (Lipinski definition) is 1. The van der Waals surface area contributed by atoms with E-state index in [4.69, 9.17) is 0 Å². The molecule has 186 valence electrons. The van der Waals surface area contributed by atoms with Crippen molar-refractivity contribution < 1.29 is 19.2 Å². The Morgan fingerprint density at radius 1 is 0.971 bits per heavy atom. The summed E-state index contributed by atoms with van der Waals surface area (Å²) in [4.78, 5) is 54.5. The molecule has 1 N–H and O–H groups in total. The first-order valence-corrected chi connectivity index (χ1v) is 12.1. The van der Waals surface area contributed by atoms with Crippen LogP contribution in [0.25, 0.3) is 0 Å². The Balaban J connectivity index is 1.72. The van der Waals surface area contributed by atoms with E-state index in [1.807, 2.05) is 58.9 Å². The van der Waals surface area contributed by atoms with E-state index < -0.39 is 11.6 Å². The van der Waals surface area contributed by atoms with Gasteiger partial charge in [-0.2, -0.15) is 0 Å². The van der Waals surface area contributed by atoms with Crippen LogP contribution in [0.4, 0.5) is 0 Å². The number of amides is 4. The fraction of sp³-hybridized carbons (Fsp3) is 0.429. The molecule has 2 aromatic rings. The Bertz CT molecular complexity index is 1070. The van der Waals surface area contributed by atoms with Crippen LogP contribution in [0.3, 0.4) is 0 Å². The maximum atomic E-state index is 13.4. The number of carbonyl (C=O) groups is 4. The molecular weight excluding hydrogens is 442 g/mol. The summed E-state index contributed by atoms with van der Waals surface area (Å²) in [7, 11) is 0. The molecule has 0 saturated carbocycles. The average molecular weight is 478 g/mol. The second kappa shape index (κ2) is 10.8. The standard InChI is InChI=1S/C28H35N3O4/c1-6-23(25(33)29-28(3,4)5)31(18-20-15-13-19(2)14-16-20)24(32)12-9-17-30-26(34)21-10-7-8-11-22(21)27(30)35/h7-8,10-11,13-16,23H,6,9,12,17-18H2,1-5H3,(H,29,33)/t23-/m1/s1. The Morgan fingerprint density at radius 3 is 2.06 bits per heavy atom. The first-order chi connectivity index (χ1) is 16.5. The maximum absolute atomic E-state index is 13.4. The summed E-state index contributed by atoms with van der Waals surface area (Å²) >= 11 is 0. The van der Waals surface area contributed by atoms with Gasteiger partial charge in [-0.25, -0.2) is 0 Å². The summed E-state index contributed by atoms with van der Waals surface area (Å²) in [6, 6.07) is 14.0. The highest BCUT2D eigenvalue weighted by Gasteiger charge is 2.35. The van der Waals surface area contributed by atoms with Crippen molar-refractivity contribution in [3.63, 3.8) is 0 Å². The zero-order valence-electron chi connectivity index (χ0n) is 21.3. The highest BCUT2D eigenvalue weighted by atomic mass is 16.2. The Morgan fingerprint density at radius 2 is 1.54 bits per heavy atom. The van der Waals surface area contributed by atoms with Crippen molar-refractivity contribution in [2.75, 3.05) is 6.54 Å². The van der Waals surface area contributed by atoms with Gasteiger partial charge in [-0.1, -0.05) is 48.9 Å². The lowest BCUT2D eigenvalue weighted by Gasteiger charge is -2.33. The van der Waals surface area contributed by atoms with Crippen molar-refractivity contribution in [3.8, 4) is 0 Å². The van der Waals surface area contributed by atoms with E-state index in [1.54, 1.807) is 29.2 Å². The summed E-state index contributed by atoms with van der Waals surface area (Å²) < 4.78 is 0. The number of imide groups is 1. The Hall–Kier alpha value is -3.48. The second-order valence-electron chi connectivity index (χ2n) is 10.1. The van der Waals surface area contributed by atoms with Crippen LogP contribution in [-0.2, 0) is 16.1 Å². The molecule has 0 aliphatic carbocycles. The molecule has 1 atom stereocenters. The molecule has 3 rings (SSSR count). The van der Waals surface area contributed by atoms with Gasteiger partial charge in [0.05, 0.1) is 11.1 Å². The molecule has 4 amide bonds. The monoisotopic (exact) mass is 477 g/mol.